The van der Waals surface area contributed by atoms with Crippen LogP contribution in [0.3, 0.4) is 0 Å². The molecule has 0 heterocycles. The Morgan fingerprint density at radius 2 is 1.86 bits per heavy atom. The van der Waals surface area contributed by atoms with Crippen molar-refractivity contribution in [2.45, 2.75) is 27.2 Å². The fraction of sp³-hybridized carbons (Fsp3) is 0.333. The lowest BCUT2D eigenvalue weighted by molar-refractivity contribution is -0.116. The van der Waals surface area contributed by atoms with Gasteiger partial charge in [0.1, 0.15) is 11.5 Å². The molecule has 156 valence electrons. The first-order valence-corrected chi connectivity index (χ1v) is 9.83. The van der Waals surface area contributed by atoms with Crippen molar-refractivity contribution in [3.05, 3.63) is 47.0 Å². The average Bonchev–Trinajstić information content (AvgIpc) is 2.68. The Bertz CT molecular complexity index is 871. The first kappa shape index (κ1) is 22.4. The number of nitrogens with one attached hydrogen (secondary N) is 2. The van der Waals surface area contributed by atoms with Gasteiger partial charge in [-0.15, -0.1) is 0 Å². The Morgan fingerprint density at radius 1 is 1.10 bits per heavy atom. The first-order chi connectivity index (χ1) is 13.9. The Kier molecular flexibility index (Phi) is 8.61. The van der Waals surface area contributed by atoms with E-state index in [0.717, 1.165) is 5.56 Å². The maximum atomic E-state index is 12.2. The Morgan fingerprint density at radius 3 is 2.59 bits per heavy atom. The Hall–Kier alpha value is -2.93. The summed E-state index contributed by atoms with van der Waals surface area (Å²) in [6.45, 7) is 6.97. The summed E-state index contributed by atoms with van der Waals surface area (Å²) in [5.41, 5.74) is 8.13. The van der Waals surface area contributed by atoms with Crippen molar-refractivity contribution in [3.8, 4) is 11.5 Å². The molecular formula is C21H27ClN4O3. The van der Waals surface area contributed by atoms with Gasteiger partial charge in [-0.1, -0.05) is 17.7 Å². The van der Waals surface area contributed by atoms with Crippen LogP contribution < -0.4 is 25.8 Å². The van der Waals surface area contributed by atoms with Gasteiger partial charge >= 0.3 is 0 Å². The van der Waals surface area contributed by atoms with Crippen LogP contribution in [0.5, 0.6) is 11.5 Å². The van der Waals surface area contributed by atoms with Gasteiger partial charge in [-0.3, -0.25) is 9.79 Å². The lowest BCUT2D eigenvalue weighted by Gasteiger charge is -2.14. The molecule has 0 atom stereocenters. The van der Waals surface area contributed by atoms with Gasteiger partial charge in [0.25, 0.3) is 0 Å². The number of halogens is 1. The summed E-state index contributed by atoms with van der Waals surface area (Å²) in [6.07, 6.45) is 0.186. The molecule has 0 radical (unpaired) electrons. The summed E-state index contributed by atoms with van der Waals surface area (Å²) < 4.78 is 11.1. The molecule has 2 rings (SSSR count). The molecule has 0 aliphatic rings. The van der Waals surface area contributed by atoms with Gasteiger partial charge in [-0.25, -0.2) is 0 Å². The topological polar surface area (TPSA) is 98.0 Å². The number of carbonyl (C=O) groups is 1. The molecule has 0 unspecified atom stereocenters. The van der Waals surface area contributed by atoms with Crippen LogP contribution in [0.4, 0.5) is 11.4 Å². The number of hydrogen-bond donors (Lipinski definition) is 3. The molecule has 29 heavy (non-hydrogen) atoms. The average molecular weight is 419 g/mol. The van der Waals surface area contributed by atoms with Crippen LogP contribution in [0.25, 0.3) is 0 Å². The molecule has 1 amide bonds. The van der Waals surface area contributed by atoms with Crippen molar-refractivity contribution in [1.29, 1.82) is 0 Å². The highest BCUT2D eigenvalue weighted by molar-refractivity contribution is 6.31. The highest BCUT2D eigenvalue weighted by atomic mass is 35.5. The molecule has 0 aliphatic heterocycles. The summed E-state index contributed by atoms with van der Waals surface area (Å²) >= 11 is 6.07. The third-order valence-corrected chi connectivity index (χ3v) is 4.40. The summed E-state index contributed by atoms with van der Waals surface area (Å²) in [6, 6.07) is 10.8. The lowest BCUT2D eigenvalue weighted by Crippen LogP contribution is -2.24. The largest absolute Gasteiger partial charge is 0.494 e. The number of rotatable bonds is 9. The maximum Gasteiger partial charge on any atom is 0.226 e. The van der Waals surface area contributed by atoms with E-state index in [0.29, 0.717) is 41.1 Å². The van der Waals surface area contributed by atoms with Gasteiger partial charge in [-0.05, 0) is 50.6 Å². The minimum atomic E-state index is -0.166. The molecule has 0 fully saturated rings. The van der Waals surface area contributed by atoms with Gasteiger partial charge < -0.3 is 25.8 Å². The van der Waals surface area contributed by atoms with Crippen molar-refractivity contribution in [3.63, 3.8) is 0 Å². The van der Waals surface area contributed by atoms with Crippen LogP contribution in [0.2, 0.25) is 5.02 Å². The zero-order chi connectivity index (χ0) is 21.2. The maximum absolute atomic E-state index is 12.2. The second kappa shape index (κ2) is 11.2. The van der Waals surface area contributed by atoms with Gasteiger partial charge in [0, 0.05) is 23.2 Å². The lowest BCUT2D eigenvalue weighted by atomic mass is 10.2. The second-order valence-electron chi connectivity index (χ2n) is 6.13. The number of anilines is 2. The number of aliphatic imine (C=N–C) groups is 1. The Balaban J connectivity index is 1.95. The minimum absolute atomic E-state index is 0.166. The van der Waals surface area contributed by atoms with E-state index >= 15 is 0 Å². The number of nitrogens with two attached hydrogens (primary N) is 1. The van der Waals surface area contributed by atoms with Crippen LogP contribution in [-0.4, -0.2) is 31.6 Å². The third-order valence-electron chi connectivity index (χ3n) is 3.99. The van der Waals surface area contributed by atoms with Gasteiger partial charge in [0.15, 0.2) is 5.96 Å². The highest BCUT2D eigenvalue weighted by Crippen LogP contribution is 2.29. The van der Waals surface area contributed by atoms with E-state index in [1.165, 1.54) is 0 Å². The van der Waals surface area contributed by atoms with E-state index in [-0.39, 0.29) is 24.8 Å². The molecule has 0 aromatic heterocycles. The minimum Gasteiger partial charge on any atom is -0.494 e. The molecule has 0 bridgehead atoms. The smallest absolute Gasteiger partial charge is 0.226 e. The first-order valence-electron chi connectivity index (χ1n) is 9.46. The fourth-order valence-corrected chi connectivity index (χ4v) is 2.73. The quantitative estimate of drug-likeness (QED) is 0.418. The van der Waals surface area contributed by atoms with Crippen molar-refractivity contribution in [2.75, 3.05) is 30.4 Å². The van der Waals surface area contributed by atoms with Crippen LogP contribution in [0.1, 0.15) is 25.8 Å². The SMILES string of the molecule is CCOc1ccc(OCC)c(NC(N)=NCCC(=O)Nc2cccc(Cl)c2C)c1. The predicted octanol–water partition coefficient (Wildman–Crippen LogP) is 4.20. The fourth-order valence-electron chi connectivity index (χ4n) is 2.56. The van der Waals surface area contributed by atoms with Crippen LogP contribution in [0, 0.1) is 6.92 Å². The molecule has 4 N–H and O–H groups in total. The van der Waals surface area contributed by atoms with Gasteiger partial charge in [0.05, 0.1) is 25.4 Å². The van der Waals surface area contributed by atoms with Crippen molar-refractivity contribution in [2.24, 2.45) is 10.7 Å². The molecule has 2 aromatic carbocycles. The highest BCUT2D eigenvalue weighted by Gasteiger charge is 2.09. The number of nitrogens with zero attached hydrogens (tertiary/aromatic N) is 1. The third kappa shape index (κ3) is 6.87. The van der Waals surface area contributed by atoms with E-state index in [1.54, 1.807) is 24.3 Å². The summed E-state index contributed by atoms with van der Waals surface area (Å²) in [7, 11) is 0. The molecule has 2 aromatic rings. The zero-order valence-electron chi connectivity index (χ0n) is 16.9. The molecule has 0 saturated carbocycles. The number of carbonyl (C=O) groups excluding carboxylic acids is 1. The molecule has 0 aliphatic carbocycles. The van der Waals surface area contributed by atoms with Crippen molar-refractivity contribution < 1.29 is 14.3 Å². The monoisotopic (exact) mass is 418 g/mol. The molecule has 0 spiro atoms. The van der Waals surface area contributed by atoms with E-state index in [9.17, 15) is 4.79 Å². The van der Waals surface area contributed by atoms with Crippen LogP contribution >= 0.6 is 11.6 Å². The summed E-state index contributed by atoms with van der Waals surface area (Å²) in [4.78, 5) is 16.4. The molecule has 8 heteroatoms. The van der Waals surface area contributed by atoms with E-state index in [2.05, 4.69) is 15.6 Å². The summed E-state index contributed by atoms with van der Waals surface area (Å²) in [5.74, 6) is 1.36. The number of ether oxygens (including phenoxy) is 2. The van der Waals surface area contributed by atoms with E-state index in [4.69, 9.17) is 26.8 Å². The zero-order valence-corrected chi connectivity index (χ0v) is 17.7. The van der Waals surface area contributed by atoms with E-state index < -0.39 is 0 Å². The van der Waals surface area contributed by atoms with Crippen molar-refractivity contribution >= 4 is 34.8 Å². The molecular weight excluding hydrogens is 392 g/mol. The van der Waals surface area contributed by atoms with E-state index in [1.807, 2.05) is 32.9 Å². The predicted molar refractivity (Wildman–Crippen MR) is 118 cm³/mol. The van der Waals surface area contributed by atoms with Gasteiger partial charge in [0.2, 0.25) is 5.91 Å². The van der Waals surface area contributed by atoms with Crippen LogP contribution in [0.15, 0.2) is 41.4 Å². The van der Waals surface area contributed by atoms with Crippen LogP contribution in [-0.2, 0) is 4.79 Å². The number of guanidine groups is 1. The molecule has 0 saturated heterocycles. The standard InChI is InChI=1S/C21H27ClN4O3/c1-4-28-15-9-10-19(29-5-2)18(13-15)26-21(23)24-12-11-20(27)25-17-8-6-7-16(22)14(17)3/h6-10,13H,4-5,11-12H2,1-3H3,(H,25,27)(H3,23,24,26). The number of benzene rings is 2. The number of amides is 1. The second-order valence-corrected chi connectivity index (χ2v) is 6.53. The van der Waals surface area contributed by atoms with Gasteiger partial charge in [-0.2, -0.15) is 0 Å². The molecule has 7 nitrogen and oxygen atoms in total. The summed E-state index contributed by atoms with van der Waals surface area (Å²) in [5, 5.41) is 6.44. The van der Waals surface area contributed by atoms with Crippen molar-refractivity contribution in [1.82, 2.24) is 0 Å². The Labute approximate surface area is 176 Å². The normalized spacial score (nSPS) is 11.1. The number of hydrogen-bond acceptors (Lipinski definition) is 4.